The van der Waals surface area contributed by atoms with Gasteiger partial charge >= 0.3 is 0 Å². The van der Waals surface area contributed by atoms with Crippen LogP contribution in [0.4, 0.5) is 0 Å². The van der Waals surface area contributed by atoms with Crippen molar-refractivity contribution in [3.8, 4) is 0 Å². The molecule has 0 aromatic carbocycles. The Bertz CT molecular complexity index is 209. The Hall–Kier alpha value is -0.610. The van der Waals surface area contributed by atoms with E-state index in [2.05, 4.69) is 12.2 Å². The van der Waals surface area contributed by atoms with Gasteiger partial charge in [-0.3, -0.25) is 10.1 Å². The molecule has 0 aromatic rings. The van der Waals surface area contributed by atoms with Crippen molar-refractivity contribution in [2.45, 2.75) is 45.1 Å². The molecular weight excluding hydrogens is 204 g/mol. The molecular formula is C12H24N2O2. The lowest BCUT2D eigenvalue weighted by Gasteiger charge is -2.15. The number of rotatable bonds is 8. The van der Waals surface area contributed by atoms with Gasteiger partial charge in [0, 0.05) is 20.3 Å². The molecule has 94 valence electrons. The minimum Gasteiger partial charge on any atom is -0.385 e. The van der Waals surface area contributed by atoms with Gasteiger partial charge in [-0.05, 0) is 19.3 Å². The number of hydrogen-bond acceptors (Lipinski definition) is 3. The maximum atomic E-state index is 11.9. The second-order valence-corrected chi connectivity index (χ2v) is 4.36. The molecule has 0 aliphatic carbocycles. The summed E-state index contributed by atoms with van der Waals surface area (Å²) in [6.07, 6.45) is 5.31. The number of methoxy groups -OCH3 is 1. The monoisotopic (exact) mass is 228 g/mol. The Balaban J connectivity index is 2.17. The Labute approximate surface area is 98.3 Å². The van der Waals surface area contributed by atoms with Crippen LogP contribution in [0.2, 0.25) is 0 Å². The second kappa shape index (κ2) is 7.63. The fourth-order valence-corrected chi connectivity index (χ4v) is 1.98. The van der Waals surface area contributed by atoms with Crippen LogP contribution in [0.1, 0.15) is 39.0 Å². The third-order valence-electron chi connectivity index (χ3n) is 3.01. The first-order valence-corrected chi connectivity index (χ1v) is 6.30. The third kappa shape index (κ3) is 4.10. The van der Waals surface area contributed by atoms with E-state index >= 15 is 0 Å². The first-order valence-electron chi connectivity index (χ1n) is 6.30. The summed E-state index contributed by atoms with van der Waals surface area (Å²) < 4.78 is 4.99. The highest BCUT2D eigenvalue weighted by Gasteiger charge is 2.29. The van der Waals surface area contributed by atoms with E-state index in [0.29, 0.717) is 0 Å². The molecule has 1 N–H and O–H groups in total. The van der Waals surface area contributed by atoms with E-state index in [0.717, 1.165) is 51.9 Å². The Kier molecular flexibility index (Phi) is 6.42. The number of nitrogens with zero attached hydrogens (tertiary/aromatic N) is 1. The van der Waals surface area contributed by atoms with Gasteiger partial charge in [0.05, 0.1) is 12.7 Å². The van der Waals surface area contributed by atoms with E-state index in [1.54, 1.807) is 7.11 Å². The highest BCUT2D eigenvalue weighted by atomic mass is 16.5. The molecule has 0 radical (unpaired) electrons. The summed E-state index contributed by atoms with van der Waals surface area (Å²) in [7, 11) is 1.71. The Morgan fingerprint density at radius 1 is 1.44 bits per heavy atom. The van der Waals surface area contributed by atoms with E-state index in [1.165, 1.54) is 0 Å². The molecule has 1 unspecified atom stereocenters. The first kappa shape index (κ1) is 13.5. The summed E-state index contributed by atoms with van der Waals surface area (Å²) in [5, 5.41) is 3.28. The van der Waals surface area contributed by atoms with E-state index < -0.39 is 0 Å². The fourth-order valence-electron chi connectivity index (χ4n) is 1.98. The van der Waals surface area contributed by atoms with Gasteiger partial charge in [0.25, 0.3) is 0 Å². The average molecular weight is 228 g/mol. The zero-order valence-electron chi connectivity index (χ0n) is 10.5. The smallest absolute Gasteiger partial charge is 0.240 e. The summed E-state index contributed by atoms with van der Waals surface area (Å²) in [6, 6.07) is 0.0716. The minimum atomic E-state index is 0.0716. The molecule has 0 spiro atoms. The second-order valence-electron chi connectivity index (χ2n) is 4.36. The highest BCUT2D eigenvalue weighted by molar-refractivity contribution is 5.83. The van der Waals surface area contributed by atoms with Gasteiger partial charge in [-0.2, -0.15) is 0 Å². The van der Waals surface area contributed by atoms with Crippen LogP contribution in [0.25, 0.3) is 0 Å². The fraction of sp³-hybridized carbons (Fsp3) is 0.917. The van der Waals surface area contributed by atoms with Crippen LogP contribution in [0.5, 0.6) is 0 Å². The van der Waals surface area contributed by atoms with Gasteiger partial charge in [-0.1, -0.05) is 19.8 Å². The quantitative estimate of drug-likeness (QED) is 0.638. The van der Waals surface area contributed by atoms with Crippen LogP contribution in [-0.2, 0) is 9.53 Å². The van der Waals surface area contributed by atoms with E-state index in [9.17, 15) is 4.79 Å². The molecule has 1 amide bonds. The Morgan fingerprint density at radius 2 is 2.25 bits per heavy atom. The van der Waals surface area contributed by atoms with Gasteiger partial charge in [0.15, 0.2) is 0 Å². The van der Waals surface area contributed by atoms with E-state index in [-0.39, 0.29) is 11.9 Å². The van der Waals surface area contributed by atoms with Crippen molar-refractivity contribution in [1.82, 2.24) is 10.2 Å². The molecule has 1 saturated heterocycles. The van der Waals surface area contributed by atoms with Crippen LogP contribution < -0.4 is 5.32 Å². The lowest BCUT2D eigenvalue weighted by molar-refractivity contribution is -0.129. The molecule has 1 heterocycles. The SMILES string of the molecule is CCCCC1NCN(CCCCOC)C1=O. The standard InChI is InChI=1S/C12H24N2O2/c1-3-4-7-11-12(15)14(10-13-11)8-5-6-9-16-2/h11,13H,3-10H2,1-2H3. The zero-order chi connectivity index (χ0) is 11.8. The molecule has 1 atom stereocenters. The van der Waals surface area contributed by atoms with Crippen LogP contribution in [0, 0.1) is 0 Å². The number of nitrogens with one attached hydrogen (secondary N) is 1. The lowest BCUT2D eigenvalue weighted by atomic mass is 10.1. The maximum Gasteiger partial charge on any atom is 0.240 e. The molecule has 1 rings (SSSR count). The number of carbonyl (C=O) groups is 1. The van der Waals surface area contributed by atoms with Crippen molar-refractivity contribution in [3.63, 3.8) is 0 Å². The number of ether oxygens (including phenoxy) is 1. The summed E-state index contributed by atoms with van der Waals surface area (Å²) in [5.41, 5.74) is 0. The van der Waals surface area contributed by atoms with Gasteiger partial charge in [0.2, 0.25) is 5.91 Å². The van der Waals surface area contributed by atoms with E-state index in [4.69, 9.17) is 4.74 Å². The summed E-state index contributed by atoms with van der Waals surface area (Å²) in [4.78, 5) is 13.8. The minimum absolute atomic E-state index is 0.0716. The molecule has 0 bridgehead atoms. The Morgan fingerprint density at radius 3 is 2.94 bits per heavy atom. The molecule has 1 aliphatic rings. The van der Waals surface area contributed by atoms with Gasteiger partial charge < -0.3 is 9.64 Å². The zero-order valence-corrected chi connectivity index (χ0v) is 10.5. The largest absolute Gasteiger partial charge is 0.385 e. The molecule has 0 aromatic heterocycles. The van der Waals surface area contributed by atoms with Crippen molar-refractivity contribution in [2.24, 2.45) is 0 Å². The average Bonchev–Trinajstić information content (AvgIpc) is 2.64. The van der Waals surface area contributed by atoms with Gasteiger partial charge in [0.1, 0.15) is 0 Å². The number of hydrogen-bond donors (Lipinski definition) is 1. The number of unbranched alkanes of at least 4 members (excludes halogenated alkanes) is 2. The predicted molar refractivity (Wildman–Crippen MR) is 64.1 cm³/mol. The molecule has 1 aliphatic heterocycles. The molecule has 16 heavy (non-hydrogen) atoms. The maximum absolute atomic E-state index is 11.9. The number of carbonyl (C=O) groups excluding carboxylic acids is 1. The first-order chi connectivity index (χ1) is 7.79. The molecule has 4 nitrogen and oxygen atoms in total. The van der Waals surface area contributed by atoms with Crippen molar-refractivity contribution in [2.75, 3.05) is 26.9 Å². The van der Waals surface area contributed by atoms with Crippen molar-refractivity contribution < 1.29 is 9.53 Å². The summed E-state index contributed by atoms with van der Waals surface area (Å²) in [6.45, 7) is 4.52. The van der Waals surface area contributed by atoms with Crippen LogP contribution in [0.3, 0.4) is 0 Å². The normalized spacial score (nSPS) is 20.8. The molecule has 4 heteroatoms. The van der Waals surface area contributed by atoms with Crippen LogP contribution in [0.15, 0.2) is 0 Å². The third-order valence-corrected chi connectivity index (χ3v) is 3.01. The summed E-state index contributed by atoms with van der Waals surface area (Å²) >= 11 is 0. The van der Waals surface area contributed by atoms with E-state index in [1.807, 2.05) is 4.90 Å². The lowest BCUT2D eigenvalue weighted by Crippen LogP contribution is -2.31. The van der Waals surface area contributed by atoms with Crippen LogP contribution in [-0.4, -0.2) is 43.8 Å². The van der Waals surface area contributed by atoms with Gasteiger partial charge in [-0.25, -0.2) is 0 Å². The predicted octanol–water partition coefficient (Wildman–Crippen LogP) is 1.36. The van der Waals surface area contributed by atoms with Gasteiger partial charge in [-0.15, -0.1) is 0 Å². The number of amides is 1. The molecule has 0 saturated carbocycles. The van der Waals surface area contributed by atoms with Crippen molar-refractivity contribution in [1.29, 1.82) is 0 Å². The molecule has 1 fully saturated rings. The topological polar surface area (TPSA) is 41.6 Å². The summed E-state index contributed by atoms with van der Waals surface area (Å²) in [5.74, 6) is 0.283. The van der Waals surface area contributed by atoms with Crippen molar-refractivity contribution >= 4 is 5.91 Å². The van der Waals surface area contributed by atoms with Crippen LogP contribution >= 0.6 is 0 Å². The highest BCUT2D eigenvalue weighted by Crippen LogP contribution is 2.11. The van der Waals surface area contributed by atoms with Crippen molar-refractivity contribution in [3.05, 3.63) is 0 Å².